The zero-order valence-electron chi connectivity index (χ0n) is 14.4. The summed E-state index contributed by atoms with van der Waals surface area (Å²) >= 11 is 0. The standard InChI is InChI=1S/2C7H6O3.C4H10O3/c2*8-7(9)4-3-6-2-1-5-10-6;5-1-3-7-4-2-6/h2*1-5H,(H,8,9);5-6H,1-4H2. The van der Waals surface area contributed by atoms with E-state index in [0.29, 0.717) is 24.7 Å². The lowest BCUT2D eigenvalue weighted by atomic mass is 10.4. The van der Waals surface area contributed by atoms with E-state index >= 15 is 0 Å². The van der Waals surface area contributed by atoms with Crippen molar-refractivity contribution in [3.63, 3.8) is 0 Å². The van der Waals surface area contributed by atoms with Crippen LogP contribution in [0.1, 0.15) is 11.5 Å². The Balaban J connectivity index is 0.000000384. The van der Waals surface area contributed by atoms with Gasteiger partial charge in [-0.3, -0.25) is 0 Å². The monoisotopic (exact) mass is 382 g/mol. The van der Waals surface area contributed by atoms with Gasteiger partial charge in [0, 0.05) is 12.2 Å². The molecule has 27 heavy (non-hydrogen) atoms. The van der Waals surface area contributed by atoms with Crippen molar-refractivity contribution in [2.24, 2.45) is 0 Å². The Morgan fingerprint density at radius 3 is 1.52 bits per heavy atom. The molecule has 0 bridgehead atoms. The highest BCUT2D eigenvalue weighted by atomic mass is 16.5. The van der Waals surface area contributed by atoms with Crippen LogP contribution in [0.2, 0.25) is 0 Å². The molecule has 0 fully saturated rings. The molecule has 2 rings (SSSR count). The molecule has 0 atom stereocenters. The topological polar surface area (TPSA) is 151 Å². The quantitative estimate of drug-likeness (QED) is 0.395. The van der Waals surface area contributed by atoms with Gasteiger partial charge in [-0.2, -0.15) is 0 Å². The summed E-state index contributed by atoms with van der Waals surface area (Å²) in [5.41, 5.74) is 0. The molecule has 0 saturated carbocycles. The second-order valence-electron chi connectivity index (χ2n) is 4.43. The van der Waals surface area contributed by atoms with Crippen molar-refractivity contribution in [2.45, 2.75) is 0 Å². The lowest BCUT2D eigenvalue weighted by Crippen LogP contribution is -2.03. The number of carboxylic acid groups (broad SMARTS) is 2. The van der Waals surface area contributed by atoms with E-state index in [2.05, 4.69) is 4.74 Å². The molecule has 2 heterocycles. The van der Waals surface area contributed by atoms with Crippen molar-refractivity contribution in [1.29, 1.82) is 0 Å². The Hall–Kier alpha value is -3.14. The van der Waals surface area contributed by atoms with E-state index in [0.717, 1.165) is 12.2 Å². The molecule has 0 spiro atoms. The van der Waals surface area contributed by atoms with E-state index in [9.17, 15) is 9.59 Å². The molecule has 4 N–H and O–H groups in total. The first-order valence-corrected chi connectivity index (χ1v) is 7.68. The third kappa shape index (κ3) is 16.1. The number of hydrogen-bond acceptors (Lipinski definition) is 7. The maximum atomic E-state index is 9.97. The number of furan rings is 2. The lowest BCUT2D eigenvalue weighted by Gasteiger charge is -1.94. The van der Waals surface area contributed by atoms with Crippen molar-refractivity contribution in [3.05, 3.63) is 60.5 Å². The lowest BCUT2D eigenvalue weighted by molar-refractivity contribution is -0.132. The molecule has 0 aliphatic rings. The molecule has 0 aromatic carbocycles. The first kappa shape index (κ1) is 23.9. The number of ether oxygens (including phenoxy) is 1. The van der Waals surface area contributed by atoms with Gasteiger partial charge in [-0.1, -0.05) is 0 Å². The third-order valence-corrected chi connectivity index (χ3v) is 2.34. The maximum Gasteiger partial charge on any atom is 0.328 e. The molecule has 0 aliphatic carbocycles. The second-order valence-corrected chi connectivity index (χ2v) is 4.43. The van der Waals surface area contributed by atoms with Crippen LogP contribution in [0, 0.1) is 0 Å². The van der Waals surface area contributed by atoms with Gasteiger partial charge in [-0.15, -0.1) is 0 Å². The Morgan fingerprint density at radius 1 is 0.852 bits per heavy atom. The molecular weight excluding hydrogens is 360 g/mol. The number of rotatable bonds is 8. The van der Waals surface area contributed by atoms with E-state index in [1.54, 1.807) is 24.3 Å². The summed E-state index contributed by atoms with van der Waals surface area (Å²) in [4.78, 5) is 19.9. The van der Waals surface area contributed by atoms with Gasteiger partial charge in [0.1, 0.15) is 11.5 Å². The molecule has 0 unspecified atom stereocenters. The van der Waals surface area contributed by atoms with Crippen LogP contribution in [-0.2, 0) is 14.3 Å². The summed E-state index contributed by atoms with van der Waals surface area (Å²) in [6, 6.07) is 6.75. The summed E-state index contributed by atoms with van der Waals surface area (Å²) in [7, 11) is 0. The van der Waals surface area contributed by atoms with Crippen LogP contribution in [0.25, 0.3) is 12.2 Å². The molecular formula is C18H22O9. The number of aliphatic hydroxyl groups is 2. The van der Waals surface area contributed by atoms with Crippen LogP contribution >= 0.6 is 0 Å². The average Bonchev–Trinajstić information content (AvgIpc) is 3.33. The molecule has 2 aromatic heterocycles. The number of hydrogen-bond donors (Lipinski definition) is 4. The predicted molar refractivity (Wildman–Crippen MR) is 95.7 cm³/mol. The maximum absolute atomic E-state index is 9.97. The van der Waals surface area contributed by atoms with Crippen molar-refractivity contribution in [1.82, 2.24) is 0 Å². The first-order valence-electron chi connectivity index (χ1n) is 7.68. The minimum Gasteiger partial charge on any atom is -0.478 e. The van der Waals surface area contributed by atoms with E-state index in [1.807, 2.05) is 0 Å². The molecule has 9 heteroatoms. The highest BCUT2D eigenvalue weighted by Gasteiger charge is 1.89. The normalized spacial score (nSPS) is 10.1. The Labute approximate surface area is 155 Å². The summed E-state index contributed by atoms with van der Waals surface area (Å²) in [6.45, 7) is 0.696. The van der Waals surface area contributed by atoms with Gasteiger partial charge >= 0.3 is 11.9 Å². The summed E-state index contributed by atoms with van der Waals surface area (Å²) in [5, 5.41) is 32.5. The van der Waals surface area contributed by atoms with E-state index < -0.39 is 11.9 Å². The van der Waals surface area contributed by atoms with E-state index in [1.165, 1.54) is 24.7 Å². The van der Waals surface area contributed by atoms with E-state index in [-0.39, 0.29) is 13.2 Å². The zero-order valence-corrected chi connectivity index (χ0v) is 14.4. The fourth-order valence-corrected chi connectivity index (χ4v) is 1.31. The summed E-state index contributed by atoms with van der Waals surface area (Å²) < 4.78 is 14.3. The second kappa shape index (κ2) is 16.3. The van der Waals surface area contributed by atoms with Gasteiger partial charge in [0.25, 0.3) is 0 Å². The zero-order chi connectivity index (χ0) is 20.3. The van der Waals surface area contributed by atoms with Crippen LogP contribution in [0.5, 0.6) is 0 Å². The van der Waals surface area contributed by atoms with Crippen molar-refractivity contribution in [2.75, 3.05) is 26.4 Å². The third-order valence-electron chi connectivity index (χ3n) is 2.34. The van der Waals surface area contributed by atoms with Crippen LogP contribution < -0.4 is 0 Å². The van der Waals surface area contributed by atoms with Crippen molar-refractivity contribution >= 4 is 24.1 Å². The molecule has 0 aliphatic heterocycles. The number of carboxylic acids is 2. The fraction of sp³-hybridized carbons (Fsp3) is 0.222. The molecule has 0 saturated heterocycles. The first-order chi connectivity index (χ1) is 13.0. The molecule has 0 amide bonds. The highest BCUT2D eigenvalue weighted by Crippen LogP contribution is 2.01. The molecule has 0 radical (unpaired) electrons. The van der Waals surface area contributed by atoms with Crippen molar-refractivity contribution < 1.29 is 43.6 Å². The van der Waals surface area contributed by atoms with Crippen LogP contribution in [0.4, 0.5) is 0 Å². The Kier molecular flexibility index (Phi) is 14.4. The number of aliphatic hydroxyl groups excluding tert-OH is 2. The Bertz CT molecular complexity index is 597. The minimum absolute atomic E-state index is 0.0278. The minimum atomic E-state index is -0.976. The molecule has 148 valence electrons. The van der Waals surface area contributed by atoms with Crippen LogP contribution in [0.15, 0.2) is 57.8 Å². The predicted octanol–water partition coefficient (Wildman–Crippen LogP) is 1.74. The number of aliphatic carboxylic acids is 2. The van der Waals surface area contributed by atoms with Gasteiger partial charge in [0.05, 0.1) is 39.0 Å². The van der Waals surface area contributed by atoms with Crippen LogP contribution in [0.3, 0.4) is 0 Å². The SMILES string of the molecule is O=C(O)C=Cc1ccco1.O=C(O)C=Cc1ccco1.OCCOCCO. The Morgan fingerprint density at radius 2 is 1.26 bits per heavy atom. The summed E-state index contributed by atoms with van der Waals surface area (Å²) in [5.74, 6) is -0.863. The van der Waals surface area contributed by atoms with Gasteiger partial charge in [-0.25, -0.2) is 9.59 Å². The highest BCUT2D eigenvalue weighted by molar-refractivity contribution is 5.85. The van der Waals surface area contributed by atoms with Gasteiger partial charge in [0.15, 0.2) is 0 Å². The largest absolute Gasteiger partial charge is 0.478 e. The van der Waals surface area contributed by atoms with Crippen LogP contribution in [-0.4, -0.2) is 58.8 Å². The van der Waals surface area contributed by atoms with Crippen molar-refractivity contribution in [3.8, 4) is 0 Å². The summed E-state index contributed by atoms with van der Waals surface area (Å²) in [6.07, 6.45) is 7.81. The van der Waals surface area contributed by atoms with Gasteiger partial charge in [-0.05, 0) is 36.4 Å². The van der Waals surface area contributed by atoms with E-state index in [4.69, 9.17) is 29.3 Å². The van der Waals surface area contributed by atoms with Gasteiger partial charge < -0.3 is 34.0 Å². The molecule has 9 nitrogen and oxygen atoms in total. The van der Waals surface area contributed by atoms with Gasteiger partial charge in [0.2, 0.25) is 0 Å². The average molecular weight is 382 g/mol. The molecule has 2 aromatic rings. The fourth-order valence-electron chi connectivity index (χ4n) is 1.31. The number of carbonyl (C=O) groups is 2. The smallest absolute Gasteiger partial charge is 0.328 e.